The fourth-order valence-corrected chi connectivity index (χ4v) is 3.05. The highest BCUT2D eigenvalue weighted by atomic mass is 16.1. The fraction of sp³-hybridized carbons (Fsp3) is 0.556. The van der Waals surface area contributed by atoms with Crippen molar-refractivity contribution in [1.29, 1.82) is 0 Å². The number of carbonyl (C=O) groups is 1. The van der Waals surface area contributed by atoms with Gasteiger partial charge in [-0.3, -0.25) is 9.48 Å². The zero-order chi connectivity index (χ0) is 17.7. The first-order valence-electron chi connectivity index (χ1n) is 8.72. The lowest BCUT2D eigenvalue weighted by Crippen LogP contribution is -2.27. The van der Waals surface area contributed by atoms with Gasteiger partial charge >= 0.3 is 0 Å². The van der Waals surface area contributed by atoms with Gasteiger partial charge in [0.05, 0.1) is 24.0 Å². The van der Waals surface area contributed by atoms with E-state index in [1.54, 1.807) is 6.20 Å². The van der Waals surface area contributed by atoms with Crippen LogP contribution < -0.4 is 5.32 Å². The number of anilines is 1. The SMILES string of the molecule is CCN(CC)CCn1cc(NC(=O)c2cc(C)n(CC)c2C)cn1. The second kappa shape index (κ2) is 8.15. The van der Waals surface area contributed by atoms with Gasteiger partial charge in [0.25, 0.3) is 5.91 Å². The third-order valence-corrected chi connectivity index (χ3v) is 4.57. The zero-order valence-corrected chi connectivity index (χ0v) is 15.5. The van der Waals surface area contributed by atoms with Crippen LogP contribution in [0.15, 0.2) is 18.5 Å². The van der Waals surface area contributed by atoms with E-state index in [0.717, 1.165) is 55.4 Å². The van der Waals surface area contributed by atoms with Gasteiger partial charge in [-0.15, -0.1) is 0 Å². The van der Waals surface area contributed by atoms with E-state index < -0.39 is 0 Å². The number of aromatic nitrogens is 3. The van der Waals surface area contributed by atoms with Gasteiger partial charge in [-0.25, -0.2) is 0 Å². The molecule has 0 aliphatic heterocycles. The first-order chi connectivity index (χ1) is 11.5. The Morgan fingerprint density at radius 1 is 1.25 bits per heavy atom. The number of hydrogen-bond donors (Lipinski definition) is 1. The van der Waals surface area contributed by atoms with Crippen LogP contribution >= 0.6 is 0 Å². The first kappa shape index (κ1) is 18.3. The average molecular weight is 331 g/mol. The number of amides is 1. The first-order valence-corrected chi connectivity index (χ1v) is 8.72. The molecule has 1 amide bonds. The molecule has 0 radical (unpaired) electrons. The summed E-state index contributed by atoms with van der Waals surface area (Å²) >= 11 is 0. The topological polar surface area (TPSA) is 55.1 Å². The summed E-state index contributed by atoms with van der Waals surface area (Å²) in [5.74, 6) is -0.0777. The molecule has 0 aliphatic rings. The van der Waals surface area contributed by atoms with Crippen LogP contribution in [0, 0.1) is 13.8 Å². The molecule has 0 unspecified atom stereocenters. The molecule has 0 saturated heterocycles. The summed E-state index contributed by atoms with van der Waals surface area (Å²) in [6.45, 7) is 15.1. The molecule has 132 valence electrons. The highest BCUT2D eigenvalue weighted by molar-refractivity contribution is 6.05. The van der Waals surface area contributed by atoms with Crippen LogP contribution in [0.1, 0.15) is 42.5 Å². The van der Waals surface area contributed by atoms with E-state index in [-0.39, 0.29) is 5.91 Å². The van der Waals surface area contributed by atoms with Crippen LogP contribution in [0.5, 0.6) is 0 Å². The number of carbonyl (C=O) groups excluding carboxylic acids is 1. The molecule has 24 heavy (non-hydrogen) atoms. The minimum atomic E-state index is -0.0777. The summed E-state index contributed by atoms with van der Waals surface area (Å²) in [5.41, 5.74) is 3.57. The highest BCUT2D eigenvalue weighted by Gasteiger charge is 2.15. The van der Waals surface area contributed by atoms with E-state index in [4.69, 9.17) is 0 Å². The minimum Gasteiger partial charge on any atom is -0.349 e. The summed E-state index contributed by atoms with van der Waals surface area (Å²) < 4.78 is 4.02. The van der Waals surface area contributed by atoms with Crippen molar-refractivity contribution in [2.75, 3.05) is 25.0 Å². The Balaban J connectivity index is 2.00. The Labute approximate surface area is 144 Å². The predicted octanol–water partition coefficient (Wildman–Crippen LogP) is 2.92. The van der Waals surface area contributed by atoms with E-state index in [1.807, 2.05) is 30.8 Å². The lowest BCUT2D eigenvalue weighted by molar-refractivity contribution is 0.102. The molecular weight excluding hydrogens is 302 g/mol. The fourth-order valence-electron chi connectivity index (χ4n) is 3.05. The molecule has 2 heterocycles. The van der Waals surface area contributed by atoms with Crippen molar-refractivity contribution in [1.82, 2.24) is 19.2 Å². The molecule has 0 saturated carbocycles. The Bertz CT molecular complexity index is 682. The largest absolute Gasteiger partial charge is 0.349 e. The van der Waals surface area contributed by atoms with Gasteiger partial charge < -0.3 is 14.8 Å². The van der Waals surface area contributed by atoms with Crippen LogP contribution in [0.4, 0.5) is 5.69 Å². The predicted molar refractivity (Wildman–Crippen MR) is 97.5 cm³/mol. The summed E-state index contributed by atoms with van der Waals surface area (Å²) in [6.07, 6.45) is 3.60. The molecule has 0 spiro atoms. The van der Waals surface area contributed by atoms with E-state index in [1.165, 1.54) is 0 Å². The Morgan fingerprint density at radius 3 is 2.54 bits per heavy atom. The summed E-state index contributed by atoms with van der Waals surface area (Å²) in [5, 5.41) is 7.29. The molecule has 1 N–H and O–H groups in total. The third kappa shape index (κ3) is 4.06. The quantitative estimate of drug-likeness (QED) is 0.809. The van der Waals surface area contributed by atoms with Crippen molar-refractivity contribution in [3.8, 4) is 0 Å². The summed E-state index contributed by atoms with van der Waals surface area (Å²) in [6, 6.07) is 1.94. The zero-order valence-electron chi connectivity index (χ0n) is 15.5. The number of nitrogens with zero attached hydrogens (tertiary/aromatic N) is 4. The maximum absolute atomic E-state index is 12.5. The van der Waals surface area contributed by atoms with E-state index in [9.17, 15) is 4.79 Å². The third-order valence-electron chi connectivity index (χ3n) is 4.57. The van der Waals surface area contributed by atoms with Gasteiger partial charge in [-0.05, 0) is 39.9 Å². The Hall–Kier alpha value is -2.08. The molecule has 2 rings (SSSR count). The van der Waals surface area contributed by atoms with Crippen LogP contribution in [-0.2, 0) is 13.1 Å². The average Bonchev–Trinajstić information content (AvgIpc) is 3.12. The van der Waals surface area contributed by atoms with Crippen LogP contribution in [-0.4, -0.2) is 44.8 Å². The monoisotopic (exact) mass is 331 g/mol. The van der Waals surface area contributed by atoms with Crippen molar-refractivity contribution in [2.45, 2.75) is 47.7 Å². The Kier molecular flexibility index (Phi) is 6.20. The van der Waals surface area contributed by atoms with Crippen LogP contribution in [0.25, 0.3) is 0 Å². The molecule has 2 aromatic rings. The molecule has 0 aliphatic carbocycles. The van der Waals surface area contributed by atoms with Gasteiger partial charge in [0.1, 0.15) is 0 Å². The maximum Gasteiger partial charge on any atom is 0.257 e. The second-order valence-electron chi connectivity index (χ2n) is 6.00. The van der Waals surface area contributed by atoms with Gasteiger partial charge in [-0.1, -0.05) is 13.8 Å². The molecule has 0 atom stereocenters. The van der Waals surface area contributed by atoms with Crippen molar-refractivity contribution in [3.63, 3.8) is 0 Å². The number of hydrogen-bond acceptors (Lipinski definition) is 3. The summed E-state index contributed by atoms with van der Waals surface area (Å²) in [4.78, 5) is 14.9. The molecule has 0 aromatic carbocycles. The molecule has 6 nitrogen and oxygen atoms in total. The van der Waals surface area contributed by atoms with Crippen molar-refractivity contribution >= 4 is 11.6 Å². The molecule has 0 fully saturated rings. The van der Waals surface area contributed by atoms with E-state index in [0.29, 0.717) is 0 Å². The van der Waals surface area contributed by atoms with Gasteiger partial charge in [0, 0.05) is 30.7 Å². The van der Waals surface area contributed by atoms with E-state index in [2.05, 4.69) is 40.7 Å². The van der Waals surface area contributed by atoms with Gasteiger partial charge in [-0.2, -0.15) is 5.10 Å². The molecule has 6 heteroatoms. The standard InChI is InChI=1S/C18H29N5O/c1-6-21(7-2)9-10-22-13-16(12-19-22)20-18(24)17-11-14(4)23(8-3)15(17)5/h11-13H,6-10H2,1-5H3,(H,20,24). The number of aryl methyl sites for hydroxylation is 1. The molecular formula is C18H29N5O. The van der Waals surface area contributed by atoms with Crippen LogP contribution in [0.2, 0.25) is 0 Å². The Morgan fingerprint density at radius 2 is 1.96 bits per heavy atom. The smallest absolute Gasteiger partial charge is 0.257 e. The maximum atomic E-state index is 12.5. The second-order valence-corrected chi connectivity index (χ2v) is 6.00. The van der Waals surface area contributed by atoms with Gasteiger partial charge in [0.15, 0.2) is 0 Å². The van der Waals surface area contributed by atoms with Crippen molar-refractivity contribution in [3.05, 3.63) is 35.4 Å². The number of likely N-dealkylation sites (N-methyl/N-ethyl adjacent to an activating group) is 1. The lowest BCUT2D eigenvalue weighted by atomic mass is 10.2. The normalized spacial score (nSPS) is 11.2. The molecule has 0 bridgehead atoms. The lowest BCUT2D eigenvalue weighted by Gasteiger charge is -2.17. The van der Waals surface area contributed by atoms with Crippen molar-refractivity contribution in [2.24, 2.45) is 0 Å². The van der Waals surface area contributed by atoms with Crippen molar-refractivity contribution < 1.29 is 4.79 Å². The highest BCUT2D eigenvalue weighted by Crippen LogP contribution is 2.17. The molecule has 2 aromatic heterocycles. The van der Waals surface area contributed by atoms with Gasteiger partial charge in [0.2, 0.25) is 0 Å². The number of rotatable bonds is 8. The number of nitrogens with one attached hydrogen (secondary N) is 1. The van der Waals surface area contributed by atoms with E-state index >= 15 is 0 Å². The summed E-state index contributed by atoms with van der Waals surface area (Å²) in [7, 11) is 0. The van der Waals surface area contributed by atoms with Crippen LogP contribution in [0.3, 0.4) is 0 Å². The minimum absolute atomic E-state index is 0.0777.